The summed E-state index contributed by atoms with van der Waals surface area (Å²) in [5, 5.41) is 2.68. The van der Waals surface area contributed by atoms with Gasteiger partial charge in [-0.15, -0.1) is 11.8 Å². The van der Waals surface area contributed by atoms with E-state index in [1.54, 1.807) is 19.4 Å². The molecule has 0 radical (unpaired) electrons. The van der Waals surface area contributed by atoms with Crippen LogP contribution < -0.4 is 10.1 Å². The molecule has 106 valence electrons. The molecule has 0 saturated carbocycles. The van der Waals surface area contributed by atoms with Crippen LogP contribution in [-0.4, -0.2) is 18.3 Å². The number of hydrogen-bond donors (Lipinski definition) is 1. The molecule has 0 bridgehead atoms. The van der Waals surface area contributed by atoms with Gasteiger partial charge in [-0.2, -0.15) is 0 Å². The van der Waals surface area contributed by atoms with Crippen LogP contribution in [0.3, 0.4) is 0 Å². The Morgan fingerprint density at radius 2 is 2.10 bits per heavy atom. The minimum absolute atomic E-state index is 0.0118. The predicted octanol–water partition coefficient (Wildman–Crippen LogP) is 3.09. The third-order valence-electron chi connectivity index (χ3n) is 2.76. The normalized spacial score (nSPS) is 11.9. The molecule has 4 nitrogen and oxygen atoms in total. The summed E-state index contributed by atoms with van der Waals surface area (Å²) in [4.78, 5) is 13.0. The second kappa shape index (κ2) is 7.05. The molecular formula is C15H17NO3S. The van der Waals surface area contributed by atoms with Crippen LogP contribution in [0.5, 0.6) is 5.75 Å². The lowest BCUT2D eigenvalue weighted by Crippen LogP contribution is -2.30. The van der Waals surface area contributed by atoms with Crippen molar-refractivity contribution in [2.24, 2.45) is 0 Å². The van der Waals surface area contributed by atoms with E-state index in [0.29, 0.717) is 6.54 Å². The van der Waals surface area contributed by atoms with Gasteiger partial charge >= 0.3 is 0 Å². The highest BCUT2D eigenvalue weighted by Crippen LogP contribution is 2.25. The number of carbonyl (C=O) groups excluding carboxylic acids is 1. The standard InChI is InChI=1S/C15H17NO3S/c1-11(15(17)16-10-13-4-3-9-19-13)20-14-7-5-12(18-2)6-8-14/h3-9,11H,10H2,1-2H3,(H,16,17). The molecule has 0 aliphatic carbocycles. The number of nitrogens with one attached hydrogen (secondary N) is 1. The molecule has 0 spiro atoms. The molecule has 1 aromatic heterocycles. The highest BCUT2D eigenvalue weighted by molar-refractivity contribution is 8.00. The van der Waals surface area contributed by atoms with E-state index in [0.717, 1.165) is 16.4 Å². The minimum Gasteiger partial charge on any atom is -0.497 e. The first kappa shape index (κ1) is 14.5. The number of hydrogen-bond acceptors (Lipinski definition) is 4. The summed E-state index contributed by atoms with van der Waals surface area (Å²) >= 11 is 1.51. The monoisotopic (exact) mass is 291 g/mol. The van der Waals surface area contributed by atoms with E-state index < -0.39 is 0 Å². The summed E-state index contributed by atoms with van der Waals surface area (Å²) in [6.45, 7) is 2.30. The van der Waals surface area contributed by atoms with Gasteiger partial charge in [0, 0.05) is 4.90 Å². The summed E-state index contributed by atoms with van der Waals surface area (Å²) < 4.78 is 10.3. The van der Waals surface area contributed by atoms with Gasteiger partial charge in [-0.25, -0.2) is 0 Å². The smallest absolute Gasteiger partial charge is 0.233 e. The topological polar surface area (TPSA) is 51.5 Å². The van der Waals surface area contributed by atoms with Crippen molar-refractivity contribution < 1.29 is 13.9 Å². The summed E-state index contributed by atoms with van der Waals surface area (Å²) in [6, 6.07) is 11.3. The summed E-state index contributed by atoms with van der Waals surface area (Å²) in [6.07, 6.45) is 1.59. The summed E-state index contributed by atoms with van der Waals surface area (Å²) in [7, 11) is 1.63. The van der Waals surface area contributed by atoms with Gasteiger partial charge < -0.3 is 14.5 Å². The molecule has 1 atom stereocenters. The average Bonchev–Trinajstić information content (AvgIpc) is 2.98. The van der Waals surface area contributed by atoms with Crippen molar-refractivity contribution in [3.05, 3.63) is 48.4 Å². The Balaban J connectivity index is 1.83. The van der Waals surface area contributed by atoms with Gasteiger partial charge in [0.25, 0.3) is 0 Å². The Morgan fingerprint density at radius 3 is 2.70 bits per heavy atom. The molecule has 1 unspecified atom stereocenters. The number of ether oxygens (including phenoxy) is 1. The minimum atomic E-state index is -0.168. The maximum atomic E-state index is 12.0. The first-order valence-electron chi connectivity index (χ1n) is 6.30. The summed E-state index contributed by atoms with van der Waals surface area (Å²) in [5.74, 6) is 1.55. The van der Waals surface area contributed by atoms with Gasteiger partial charge in [-0.05, 0) is 43.3 Å². The average molecular weight is 291 g/mol. The van der Waals surface area contributed by atoms with Gasteiger partial charge in [0.2, 0.25) is 5.91 Å². The lowest BCUT2D eigenvalue weighted by Gasteiger charge is -2.11. The Kier molecular flexibility index (Phi) is 5.12. The van der Waals surface area contributed by atoms with E-state index in [1.165, 1.54) is 11.8 Å². The summed E-state index contributed by atoms with van der Waals surface area (Å²) in [5.41, 5.74) is 0. The van der Waals surface area contributed by atoms with Crippen LogP contribution in [0.25, 0.3) is 0 Å². The predicted molar refractivity (Wildman–Crippen MR) is 78.9 cm³/mol. The third kappa shape index (κ3) is 4.06. The van der Waals surface area contributed by atoms with Gasteiger partial charge in [0.05, 0.1) is 25.2 Å². The SMILES string of the molecule is COc1ccc(SC(C)C(=O)NCc2ccco2)cc1. The highest BCUT2D eigenvalue weighted by Gasteiger charge is 2.14. The molecule has 2 aromatic rings. The van der Waals surface area contributed by atoms with E-state index >= 15 is 0 Å². The van der Waals surface area contributed by atoms with E-state index in [9.17, 15) is 4.79 Å². The van der Waals surface area contributed by atoms with Crippen LogP contribution in [0.1, 0.15) is 12.7 Å². The molecule has 1 aromatic carbocycles. The van der Waals surface area contributed by atoms with Crippen molar-refractivity contribution in [2.75, 3.05) is 7.11 Å². The van der Waals surface area contributed by atoms with Crippen molar-refractivity contribution in [1.29, 1.82) is 0 Å². The second-order valence-corrected chi connectivity index (χ2v) is 5.65. The largest absolute Gasteiger partial charge is 0.497 e. The quantitative estimate of drug-likeness (QED) is 0.831. The highest BCUT2D eigenvalue weighted by atomic mass is 32.2. The fraction of sp³-hybridized carbons (Fsp3) is 0.267. The molecule has 2 rings (SSSR count). The van der Waals surface area contributed by atoms with Crippen LogP contribution in [0.4, 0.5) is 0 Å². The zero-order valence-electron chi connectivity index (χ0n) is 11.5. The molecule has 0 fully saturated rings. The molecule has 20 heavy (non-hydrogen) atoms. The first-order valence-corrected chi connectivity index (χ1v) is 7.18. The van der Waals surface area contributed by atoms with E-state index in [2.05, 4.69) is 5.32 Å². The van der Waals surface area contributed by atoms with Crippen LogP contribution in [0.15, 0.2) is 52.0 Å². The molecule has 1 N–H and O–H groups in total. The second-order valence-electron chi connectivity index (χ2n) is 4.23. The third-order valence-corrected chi connectivity index (χ3v) is 3.87. The van der Waals surface area contributed by atoms with Crippen molar-refractivity contribution in [3.63, 3.8) is 0 Å². The molecule has 1 heterocycles. The number of benzene rings is 1. The number of carbonyl (C=O) groups is 1. The Bertz CT molecular complexity index is 537. The van der Waals surface area contributed by atoms with Crippen molar-refractivity contribution >= 4 is 17.7 Å². The van der Waals surface area contributed by atoms with Crippen molar-refractivity contribution in [1.82, 2.24) is 5.32 Å². The fourth-order valence-electron chi connectivity index (χ4n) is 1.64. The van der Waals surface area contributed by atoms with Gasteiger partial charge in [0.1, 0.15) is 11.5 Å². The van der Waals surface area contributed by atoms with Crippen LogP contribution in [0.2, 0.25) is 0 Å². The number of amides is 1. The Morgan fingerprint density at radius 1 is 1.35 bits per heavy atom. The molecule has 0 saturated heterocycles. The van der Waals surface area contributed by atoms with Crippen LogP contribution in [0, 0.1) is 0 Å². The van der Waals surface area contributed by atoms with E-state index in [1.807, 2.05) is 37.3 Å². The molecule has 0 aliphatic heterocycles. The number of furan rings is 1. The maximum Gasteiger partial charge on any atom is 0.233 e. The molecule has 0 aliphatic rings. The molecule has 5 heteroatoms. The van der Waals surface area contributed by atoms with Gasteiger partial charge in [-0.1, -0.05) is 0 Å². The zero-order valence-corrected chi connectivity index (χ0v) is 12.3. The van der Waals surface area contributed by atoms with Crippen molar-refractivity contribution in [2.45, 2.75) is 23.6 Å². The van der Waals surface area contributed by atoms with Gasteiger partial charge in [-0.3, -0.25) is 4.79 Å². The maximum absolute atomic E-state index is 12.0. The number of methoxy groups -OCH3 is 1. The van der Waals surface area contributed by atoms with Crippen LogP contribution in [-0.2, 0) is 11.3 Å². The van der Waals surface area contributed by atoms with Crippen molar-refractivity contribution in [3.8, 4) is 5.75 Å². The van der Waals surface area contributed by atoms with Crippen LogP contribution >= 0.6 is 11.8 Å². The number of thioether (sulfide) groups is 1. The van der Waals surface area contributed by atoms with E-state index in [4.69, 9.17) is 9.15 Å². The molecule has 1 amide bonds. The first-order chi connectivity index (χ1) is 9.69. The van der Waals surface area contributed by atoms with E-state index in [-0.39, 0.29) is 11.2 Å². The lowest BCUT2D eigenvalue weighted by molar-refractivity contribution is -0.120. The number of rotatable bonds is 6. The Labute approximate surface area is 122 Å². The van der Waals surface area contributed by atoms with Gasteiger partial charge in [0.15, 0.2) is 0 Å². The molecular weight excluding hydrogens is 274 g/mol. The fourth-order valence-corrected chi connectivity index (χ4v) is 2.53. The zero-order chi connectivity index (χ0) is 14.4. The lowest BCUT2D eigenvalue weighted by atomic mass is 10.3. The Hall–Kier alpha value is -1.88.